The van der Waals surface area contributed by atoms with Crippen LogP contribution >= 0.6 is 28.1 Å². The lowest BCUT2D eigenvalue weighted by atomic mass is 10.3. The van der Waals surface area contributed by atoms with Gasteiger partial charge in [0.1, 0.15) is 0 Å². The van der Waals surface area contributed by atoms with Gasteiger partial charge in [0.05, 0.1) is 10.7 Å². The highest BCUT2D eigenvalue weighted by Gasteiger charge is 2.19. The lowest BCUT2D eigenvalue weighted by molar-refractivity contribution is 0.955. The molecule has 1 nitrogen and oxygen atoms in total. The van der Waals surface area contributed by atoms with Gasteiger partial charge in [0, 0.05) is 11.0 Å². The van der Waals surface area contributed by atoms with Gasteiger partial charge in [-0.25, -0.2) is 0 Å². The van der Waals surface area contributed by atoms with Crippen molar-refractivity contribution >= 4 is 38.8 Å². The Labute approximate surface area is 91.9 Å². The van der Waals surface area contributed by atoms with Crippen molar-refractivity contribution in [3.05, 3.63) is 28.7 Å². The molecular weight excluding hydrogens is 246 g/mol. The first-order valence-electron chi connectivity index (χ1n) is 4.34. The van der Waals surface area contributed by atoms with Crippen LogP contribution in [0.15, 0.2) is 28.7 Å². The van der Waals surface area contributed by atoms with E-state index in [-0.39, 0.29) is 0 Å². The Morgan fingerprint density at radius 3 is 2.69 bits per heavy atom. The molecule has 1 aromatic carbocycles. The number of nitrogens with zero attached hydrogens (tertiary/aromatic N) is 1. The van der Waals surface area contributed by atoms with Crippen molar-refractivity contribution in [1.29, 1.82) is 0 Å². The van der Waals surface area contributed by atoms with E-state index in [2.05, 4.69) is 33.0 Å². The van der Waals surface area contributed by atoms with Gasteiger partial charge in [-0.1, -0.05) is 24.4 Å². The molecule has 0 N–H and O–H groups in total. The minimum atomic E-state index is 1.05. The monoisotopic (exact) mass is 255 g/mol. The summed E-state index contributed by atoms with van der Waals surface area (Å²) in [7, 11) is 0. The van der Waals surface area contributed by atoms with Crippen LogP contribution in [0, 0.1) is 0 Å². The fraction of sp³-hybridized carbons (Fsp3) is 0.300. The van der Waals surface area contributed by atoms with Gasteiger partial charge in [0.2, 0.25) is 0 Å². The van der Waals surface area contributed by atoms with E-state index in [0.29, 0.717) is 0 Å². The summed E-state index contributed by atoms with van der Waals surface area (Å²) in [4.78, 5) is 3.27. The maximum atomic E-state index is 5.29. The van der Waals surface area contributed by atoms with Gasteiger partial charge in [-0.2, -0.15) is 0 Å². The number of benzene rings is 1. The number of hydrogen-bond donors (Lipinski definition) is 0. The fourth-order valence-corrected chi connectivity index (χ4v) is 2.41. The Kier molecular flexibility index (Phi) is 2.65. The van der Waals surface area contributed by atoms with E-state index in [1.54, 1.807) is 0 Å². The highest BCUT2D eigenvalue weighted by atomic mass is 79.9. The summed E-state index contributed by atoms with van der Waals surface area (Å²) >= 11 is 8.82. The molecule has 1 fully saturated rings. The second-order valence-corrected chi connectivity index (χ2v) is 4.43. The molecule has 0 bridgehead atoms. The summed E-state index contributed by atoms with van der Waals surface area (Å²) in [6, 6.07) is 8.21. The van der Waals surface area contributed by atoms with E-state index in [1.165, 1.54) is 12.1 Å². The number of halogens is 1. The van der Waals surface area contributed by atoms with Gasteiger partial charge >= 0.3 is 0 Å². The van der Waals surface area contributed by atoms with E-state index in [9.17, 15) is 0 Å². The minimum Gasteiger partial charge on any atom is -0.335 e. The van der Waals surface area contributed by atoms with Gasteiger partial charge < -0.3 is 4.90 Å². The second kappa shape index (κ2) is 3.76. The summed E-state index contributed by atoms with van der Waals surface area (Å²) in [6.45, 7) is 1.06. The molecule has 0 spiro atoms. The van der Waals surface area contributed by atoms with Crippen LogP contribution < -0.4 is 4.90 Å². The largest absolute Gasteiger partial charge is 0.335 e. The van der Waals surface area contributed by atoms with E-state index >= 15 is 0 Å². The molecule has 0 saturated carbocycles. The molecule has 1 heterocycles. The van der Waals surface area contributed by atoms with Crippen LogP contribution in [0.1, 0.15) is 12.8 Å². The number of para-hydroxylation sites is 1. The maximum absolute atomic E-state index is 5.29. The predicted octanol–water partition coefficient (Wildman–Crippen LogP) is 3.38. The molecule has 0 atom stereocenters. The smallest absolute Gasteiger partial charge is 0.0824 e. The van der Waals surface area contributed by atoms with Crippen molar-refractivity contribution in [2.24, 2.45) is 0 Å². The van der Waals surface area contributed by atoms with E-state index in [0.717, 1.165) is 22.4 Å². The van der Waals surface area contributed by atoms with Crippen LogP contribution in [-0.2, 0) is 0 Å². The van der Waals surface area contributed by atoms with Crippen molar-refractivity contribution in [1.82, 2.24) is 0 Å². The summed E-state index contributed by atoms with van der Waals surface area (Å²) < 4.78 is 1.12. The lowest BCUT2D eigenvalue weighted by Crippen LogP contribution is -2.22. The lowest BCUT2D eigenvalue weighted by Gasteiger charge is -2.19. The molecule has 0 aromatic heterocycles. The highest BCUT2D eigenvalue weighted by Crippen LogP contribution is 2.29. The Hall–Kier alpha value is -0.410. The zero-order valence-corrected chi connectivity index (χ0v) is 9.57. The van der Waals surface area contributed by atoms with Crippen LogP contribution in [0.3, 0.4) is 0 Å². The first-order valence-corrected chi connectivity index (χ1v) is 5.54. The van der Waals surface area contributed by atoms with Gasteiger partial charge in [0.15, 0.2) is 0 Å². The zero-order valence-electron chi connectivity index (χ0n) is 7.16. The summed E-state index contributed by atoms with van der Waals surface area (Å²) in [5.74, 6) is 0. The minimum absolute atomic E-state index is 1.05. The standard InChI is InChI=1S/C10H10BrNS/c11-8-4-1-2-5-9(8)12-7-3-6-10(12)13/h1-2,4-5H,3,6-7H2. The van der Waals surface area contributed by atoms with E-state index in [1.807, 2.05) is 12.1 Å². The van der Waals surface area contributed by atoms with Gasteiger partial charge in [0.25, 0.3) is 0 Å². The highest BCUT2D eigenvalue weighted by molar-refractivity contribution is 9.10. The SMILES string of the molecule is S=C1CCCN1c1ccccc1Br. The fourth-order valence-electron chi connectivity index (χ4n) is 1.57. The van der Waals surface area contributed by atoms with Gasteiger partial charge in [-0.05, 0) is 40.9 Å². The molecule has 1 aliphatic rings. The molecule has 0 aliphatic carbocycles. The zero-order chi connectivity index (χ0) is 9.26. The first-order chi connectivity index (χ1) is 6.29. The summed E-state index contributed by atoms with van der Waals surface area (Å²) in [5.41, 5.74) is 1.20. The molecule has 2 rings (SSSR count). The van der Waals surface area contributed by atoms with Crippen LogP contribution in [0.25, 0.3) is 0 Å². The first kappa shape index (κ1) is 9.16. The molecule has 1 aliphatic heterocycles. The molecule has 68 valence electrons. The Bertz CT molecular complexity index is 337. The second-order valence-electron chi connectivity index (χ2n) is 3.10. The van der Waals surface area contributed by atoms with E-state index < -0.39 is 0 Å². The van der Waals surface area contributed by atoms with Crippen LogP contribution in [0.4, 0.5) is 5.69 Å². The number of rotatable bonds is 1. The third-order valence-corrected chi connectivity index (χ3v) is 3.31. The number of anilines is 1. The van der Waals surface area contributed by atoms with Gasteiger partial charge in [-0.15, -0.1) is 0 Å². The Balaban J connectivity index is 2.34. The molecule has 1 aromatic rings. The molecule has 0 unspecified atom stereocenters. The van der Waals surface area contributed by atoms with Crippen LogP contribution in [-0.4, -0.2) is 11.5 Å². The Morgan fingerprint density at radius 2 is 2.08 bits per heavy atom. The molecule has 13 heavy (non-hydrogen) atoms. The molecular formula is C10H10BrNS. The van der Waals surface area contributed by atoms with Crippen LogP contribution in [0.2, 0.25) is 0 Å². The summed E-state index contributed by atoms with van der Waals surface area (Å²) in [5, 5.41) is 0. The summed E-state index contributed by atoms with van der Waals surface area (Å²) in [6.07, 6.45) is 2.23. The topological polar surface area (TPSA) is 3.24 Å². The van der Waals surface area contributed by atoms with E-state index in [4.69, 9.17) is 12.2 Å². The quantitative estimate of drug-likeness (QED) is 0.709. The predicted molar refractivity (Wildman–Crippen MR) is 63.3 cm³/mol. The average Bonchev–Trinajstić information content (AvgIpc) is 2.52. The molecule has 0 amide bonds. The van der Waals surface area contributed by atoms with Gasteiger partial charge in [-0.3, -0.25) is 0 Å². The third-order valence-electron chi connectivity index (χ3n) is 2.22. The average molecular weight is 256 g/mol. The normalized spacial score (nSPS) is 16.7. The Morgan fingerprint density at radius 1 is 1.31 bits per heavy atom. The van der Waals surface area contributed by atoms with Crippen molar-refractivity contribution in [3.8, 4) is 0 Å². The van der Waals surface area contributed by atoms with Crippen molar-refractivity contribution < 1.29 is 0 Å². The van der Waals surface area contributed by atoms with Crippen molar-refractivity contribution in [2.75, 3.05) is 11.4 Å². The van der Waals surface area contributed by atoms with Crippen molar-refractivity contribution in [2.45, 2.75) is 12.8 Å². The third kappa shape index (κ3) is 1.76. The number of thiocarbonyl (C=S) groups is 1. The number of hydrogen-bond acceptors (Lipinski definition) is 1. The maximum Gasteiger partial charge on any atom is 0.0824 e. The molecule has 1 saturated heterocycles. The van der Waals surface area contributed by atoms with Crippen molar-refractivity contribution in [3.63, 3.8) is 0 Å². The van der Waals surface area contributed by atoms with Crippen LogP contribution in [0.5, 0.6) is 0 Å². The molecule has 0 radical (unpaired) electrons. The molecule has 3 heteroatoms.